The van der Waals surface area contributed by atoms with Gasteiger partial charge in [-0.05, 0) is 46.9 Å². The van der Waals surface area contributed by atoms with Crippen molar-refractivity contribution in [1.82, 2.24) is 0 Å². The highest BCUT2D eigenvalue weighted by Crippen LogP contribution is 2.54. The molecule has 1 atom stereocenters. The number of benzene rings is 2. The summed E-state index contributed by atoms with van der Waals surface area (Å²) in [5.74, 6) is 0. The average molecular weight is 423 g/mol. The van der Waals surface area contributed by atoms with Gasteiger partial charge in [-0.1, -0.05) is 89.1 Å². The summed E-state index contributed by atoms with van der Waals surface area (Å²) >= 11 is 5.71. The summed E-state index contributed by atoms with van der Waals surface area (Å²) in [5.41, 5.74) is 5.80. The normalized spacial score (nSPS) is 15.0. The van der Waals surface area contributed by atoms with E-state index in [1.54, 1.807) is 0 Å². The summed E-state index contributed by atoms with van der Waals surface area (Å²) in [6.07, 6.45) is -0.738. The Balaban J connectivity index is 2.83. The van der Waals surface area contributed by atoms with Crippen LogP contribution in [0.4, 0.5) is 0 Å². The molecule has 0 heterocycles. The van der Waals surface area contributed by atoms with E-state index in [9.17, 15) is 9.46 Å². The van der Waals surface area contributed by atoms with Crippen LogP contribution in [0.15, 0.2) is 36.4 Å². The first kappa shape index (κ1) is 23.2. The summed E-state index contributed by atoms with van der Waals surface area (Å²) in [7, 11) is 0. The Morgan fingerprint density at radius 2 is 1.21 bits per heavy atom. The molecule has 0 amide bonds. The van der Waals surface area contributed by atoms with Crippen LogP contribution in [-0.2, 0) is 19.9 Å². The van der Waals surface area contributed by atoms with E-state index in [1.165, 1.54) is 0 Å². The predicted molar refractivity (Wildman–Crippen MR) is 118 cm³/mol. The van der Waals surface area contributed by atoms with E-state index in [2.05, 4.69) is 53.7 Å². The summed E-state index contributed by atoms with van der Waals surface area (Å²) in [6, 6.07) is 12.2. The fourth-order valence-corrected chi connectivity index (χ4v) is 4.23. The molecule has 154 valence electrons. The van der Waals surface area contributed by atoms with Gasteiger partial charge in [0.05, 0.1) is 0 Å². The van der Waals surface area contributed by atoms with Crippen molar-refractivity contribution in [3.05, 3.63) is 69.8 Å². The zero-order valence-corrected chi connectivity index (χ0v) is 19.8. The van der Waals surface area contributed by atoms with E-state index in [-0.39, 0.29) is 10.8 Å². The molecule has 0 spiro atoms. The lowest BCUT2D eigenvalue weighted by Gasteiger charge is -2.32. The number of aryl methyl sites for hydroxylation is 2. The Morgan fingerprint density at radius 1 is 0.857 bits per heavy atom. The number of hydrogen-bond acceptors (Lipinski definition) is 2. The molecule has 1 N–H and O–H groups in total. The maximum Gasteiger partial charge on any atom is 0.422 e. The minimum atomic E-state index is -4.25. The Labute approximate surface area is 174 Å². The molecule has 0 saturated heterocycles. The summed E-state index contributed by atoms with van der Waals surface area (Å²) in [4.78, 5) is 9.91. The zero-order chi connectivity index (χ0) is 21.5. The molecule has 0 aromatic heterocycles. The first-order valence-electron chi connectivity index (χ1n) is 9.52. The highest BCUT2D eigenvalue weighted by molar-refractivity contribution is 7.80. The van der Waals surface area contributed by atoms with Crippen LogP contribution in [-0.4, -0.2) is 4.89 Å². The lowest BCUT2D eigenvalue weighted by Crippen LogP contribution is -2.21. The molecular weight excluding hydrogens is 391 g/mol. The molecule has 0 saturated carbocycles. The van der Waals surface area contributed by atoms with Crippen LogP contribution in [0, 0.1) is 13.8 Å². The first-order valence-corrected chi connectivity index (χ1v) is 12.0. The highest BCUT2D eigenvalue weighted by atomic mass is 35.7. The van der Waals surface area contributed by atoms with Gasteiger partial charge in [-0.25, -0.2) is 4.57 Å². The van der Waals surface area contributed by atoms with E-state index >= 15 is 0 Å². The molecule has 3 nitrogen and oxygen atoms in total. The standard InChI is InChI=1S/C23H32ClO3P/c1-15-9-11-17(19(13-15)22(3,4)5)21(27-28(24,25)26)18-12-10-16(2)14-20(18)23(6,7)8/h9-14,21H,1-8H3,(H,25,26). The van der Waals surface area contributed by atoms with Gasteiger partial charge in [-0.2, -0.15) is 0 Å². The average Bonchev–Trinajstić information content (AvgIpc) is 2.50. The second-order valence-corrected chi connectivity index (χ2v) is 12.0. The molecular formula is C23H32ClO3P. The van der Waals surface area contributed by atoms with Gasteiger partial charge in [0.25, 0.3) is 0 Å². The first-order chi connectivity index (χ1) is 12.6. The van der Waals surface area contributed by atoms with E-state index < -0.39 is 13.1 Å². The minimum absolute atomic E-state index is 0.165. The van der Waals surface area contributed by atoms with Gasteiger partial charge in [-0.15, -0.1) is 0 Å². The van der Waals surface area contributed by atoms with Crippen molar-refractivity contribution in [3.8, 4) is 0 Å². The second kappa shape index (κ2) is 7.95. The van der Waals surface area contributed by atoms with E-state index in [1.807, 2.05) is 38.1 Å². The van der Waals surface area contributed by atoms with Crippen molar-refractivity contribution in [2.24, 2.45) is 0 Å². The molecule has 0 aliphatic carbocycles. The Morgan fingerprint density at radius 3 is 1.50 bits per heavy atom. The third-order valence-electron chi connectivity index (χ3n) is 4.83. The van der Waals surface area contributed by atoms with E-state index in [0.29, 0.717) is 0 Å². The topological polar surface area (TPSA) is 46.5 Å². The summed E-state index contributed by atoms with van der Waals surface area (Å²) in [5, 5.41) is 0. The minimum Gasteiger partial charge on any atom is -0.313 e. The van der Waals surface area contributed by atoms with Crippen LogP contribution >= 0.6 is 18.2 Å². The predicted octanol–water partition coefficient (Wildman–Crippen LogP) is 7.34. The van der Waals surface area contributed by atoms with Crippen molar-refractivity contribution in [3.63, 3.8) is 0 Å². The third-order valence-corrected chi connectivity index (χ3v) is 5.54. The van der Waals surface area contributed by atoms with Crippen LogP contribution in [0.5, 0.6) is 0 Å². The molecule has 5 heteroatoms. The third kappa shape index (κ3) is 5.70. The van der Waals surface area contributed by atoms with Crippen molar-refractivity contribution in [1.29, 1.82) is 0 Å². The van der Waals surface area contributed by atoms with Crippen LogP contribution in [0.2, 0.25) is 0 Å². The van der Waals surface area contributed by atoms with Crippen LogP contribution in [0.3, 0.4) is 0 Å². The van der Waals surface area contributed by atoms with Crippen LogP contribution < -0.4 is 0 Å². The Hall–Kier alpha value is -1.12. The zero-order valence-electron chi connectivity index (χ0n) is 18.1. The molecule has 2 aromatic carbocycles. The van der Waals surface area contributed by atoms with Gasteiger partial charge in [0, 0.05) is 11.2 Å². The number of rotatable bonds is 4. The maximum absolute atomic E-state index is 12.1. The summed E-state index contributed by atoms with van der Waals surface area (Å²) in [6.45, 7) is 12.6. The molecule has 2 rings (SSSR count). The van der Waals surface area contributed by atoms with Gasteiger partial charge in [0.1, 0.15) is 6.10 Å². The van der Waals surface area contributed by atoms with E-state index in [4.69, 9.17) is 15.8 Å². The fraction of sp³-hybridized carbons (Fsp3) is 0.478. The van der Waals surface area contributed by atoms with Gasteiger partial charge in [0.2, 0.25) is 0 Å². The maximum atomic E-state index is 12.1. The van der Waals surface area contributed by atoms with Crippen molar-refractivity contribution < 1.29 is 14.0 Å². The quantitative estimate of drug-likeness (QED) is 0.524. The number of halogens is 1. The smallest absolute Gasteiger partial charge is 0.313 e. The summed E-state index contributed by atoms with van der Waals surface area (Å²) < 4.78 is 17.8. The molecule has 0 bridgehead atoms. The van der Waals surface area contributed by atoms with Crippen molar-refractivity contribution >= 4 is 18.2 Å². The van der Waals surface area contributed by atoms with Crippen molar-refractivity contribution in [2.75, 3.05) is 0 Å². The molecule has 0 aliphatic rings. The number of hydrogen-bond donors (Lipinski definition) is 1. The lowest BCUT2D eigenvalue weighted by atomic mass is 9.77. The Bertz CT molecular complexity index is 838. The van der Waals surface area contributed by atoms with Gasteiger partial charge < -0.3 is 4.89 Å². The Kier molecular flexibility index (Phi) is 6.58. The van der Waals surface area contributed by atoms with Gasteiger partial charge >= 0.3 is 6.95 Å². The molecule has 0 aliphatic heterocycles. The van der Waals surface area contributed by atoms with Gasteiger partial charge in [-0.3, -0.25) is 4.52 Å². The highest BCUT2D eigenvalue weighted by Gasteiger charge is 2.33. The van der Waals surface area contributed by atoms with Crippen LogP contribution in [0.1, 0.15) is 81.0 Å². The second-order valence-electron chi connectivity index (χ2n) is 9.62. The lowest BCUT2D eigenvalue weighted by molar-refractivity contribution is 0.215. The van der Waals surface area contributed by atoms with Crippen LogP contribution in [0.25, 0.3) is 0 Å². The van der Waals surface area contributed by atoms with Gasteiger partial charge in [0.15, 0.2) is 0 Å². The molecule has 2 aromatic rings. The monoisotopic (exact) mass is 422 g/mol. The molecule has 1 unspecified atom stereocenters. The molecule has 28 heavy (non-hydrogen) atoms. The van der Waals surface area contributed by atoms with Crippen molar-refractivity contribution in [2.45, 2.75) is 72.3 Å². The largest absolute Gasteiger partial charge is 0.422 e. The molecule has 0 radical (unpaired) electrons. The molecule has 0 fully saturated rings. The fourth-order valence-electron chi connectivity index (χ4n) is 3.51. The SMILES string of the molecule is Cc1ccc(C(OP(=O)(O)Cl)c2ccc(C)cc2C(C)(C)C)c(C(C)(C)C)c1. The van der Waals surface area contributed by atoms with E-state index in [0.717, 1.165) is 33.4 Å².